The summed E-state index contributed by atoms with van der Waals surface area (Å²) < 4.78 is 0. The molecule has 0 aliphatic heterocycles. The maximum absolute atomic E-state index is 5.18. The number of nitrogens with zero attached hydrogens (tertiary/aromatic N) is 1. The molecule has 0 saturated heterocycles. The highest BCUT2D eigenvalue weighted by Gasteiger charge is 2.01. The lowest BCUT2D eigenvalue weighted by Crippen LogP contribution is -2.36. The second-order valence-electron chi connectivity index (χ2n) is 4.82. The van der Waals surface area contributed by atoms with Crippen LogP contribution >= 0.6 is 12.2 Å². The average Bonchev–Trinajstić information content (AvgIpc) is 2.28. The largest absolute Gasteiger partial charge is 0.363 e. The molecule has 102 valence electrons. The Bertz CT molecular complexity index is 195. The van der Waals surface area contributed by atoms with E-state index in [1.165, 1.54) is 25.7 Å². The third-order valence-electron chi connectivity index (χ3n) is 2.92. The first-order chi connectivity index (χ1) is 8.07. The van der Waals surface area contributed by atoms with Gasteiger partial charge in [0.05, 0.1) is 0 Å². The maximum Gasteiger partial charge on any atom is 0.166 e. The van der Waals surface area contributed by atoms with Crippen LogP contribution in [-0.4, -0.2) is 42.7 Å². The van der Waals surface area contributed by atoms with Crippen molar-refractivity contribution in [1.29, 1.82) is 0 Å². The number of hydrogen-bond acceptors (Lipinski definition) is 2. The van der Waals surface area contributed by atoms with Crippen LogP contribution in [0, 0.1) is 0 Å². The van der Waals surface area contributed by atoms with Crippen molar-refractivity contribution in [2.75, 3.05) is 26.7 Å². The van der Waals surface area contributed by atoms with Crippen molar-refractivity contribution >= 4 is 17.3 Å². The molecule has 0 atom stereocenters. The van der Waals surface area contributed by atoms with Crippen molar-refractivity contribution in [2.24, 2.45) is 0 Å². The molecule has 17 heavy (non-hydrogen) atoms. The van der Waals surface area contributed by atoms with E-state index in [0.29, 0.717) is 6.04 Å². The Morgan fingerprint density at radius 2 is 1.71 bits per heavy atom. The molecule has 0 radical (unpaired) electrons. The van der Waals surface area contributed by atoms with E-state index in [-0.39, 0.29) is 0 Å². The molecule has 0 aromatic rings. The lowest BCUT2D eigenvalue weighted by Gasteiger charge is -2.20. The molecule has 0 aromatic heterocycles. The zero-order valence-electron chi connectivity index (χ0n) is 11.9. The van der Waals surface area contributed by atoms with E-state index in [1.807, 2.05) is 0 Å². The minimum Gasteiger partial charge on any atom is -0.363 e. The van der Waals surface area contributed by atoms with E-state index < -0.39 is 0 Å². The minimum atomic E-state index is 0.639. The third kappa shape index (κ3) is 10.5. The van der Waals surface area contributed by atoms with Gasteiger partial charge in [-0.05, 0) is 58.9 Å². The Balaban J connectivity index is 3.30. The van der Waals surface area contributed by atoms with Gasteiger partial charge in [0.2, 0.25) is 0 Å². The molecule has 0 fully saturated rings. The molecular formula is C13H29N3S. The van der Waals surface area contributed by atoms with Crippen LogP contribution < -0.4 is 10.6 Å². The Morgan fingerprint density at radius 1 is 1.12 bits per heavy atom. The molecule has 0 rings (SSSR count). The first-order valence-corrected chi connectivity index (χ1v) is 7.20. The predicted octanol–water partition coefficient (Wildman–Crippen LogP) is 2.37. The number of nitrogens with one attached hydrogen (secondary N) is 2. The standard InChI is InChI=1S/C13H29N3S/c1-5-6-9-14-13(17)15-10-7-8-11-16(4)12(2)3/h12H,5-11H2,1-4H3,(H2,14,15,17). The summed E-state index contributed by atoms with van der Waals surface area (Å²) in [7, 11) is 2.18. The van der Waals surface area contributed by atoms with Crippen LogP contribution in [0.25, 0.3) is 0 Å². The van der Waals surface area contributed by atoms with Crippen LogP contribution in [0.1, 0.15) is 46.5 Å². The molecule has 0 amide bonds. The van der Waals surface area contributed by atoms with Crippen LogP contribution in [0.3, 0.4) is 0 Å². The van der Waals surface area contributed by atoms with Crippen molar-refractivity contribution in [2.45, 2.75) is 52.5 Å². The number of rotatable bonds is 9. The van der Waals surface area contributed by atoms with Crippen molar-refractivity contribution in [1.82, 2.24) is 15.5 Å². The monoisotopic (exact) mass is 259 g/mol. The van der Waals surface area contributed by atoms with E-state index in [2.05, 4.69) is 43.4 Å². The van der Waals surface area contributed by atoms with Gasteiger partial charge in [-0.25, -0.2) is 0 Å². The molecule has 0 aliphatic carbocycles. The van der Waals surface area contributed by atoms with Crippen molar-refractivity contribution in [3.8, 4) is 0 Å². The van der Waals surface area contributed by atoms with Gasteiger partial charge in [-0.3, -0.25) is 0 Å². The highest BCUT2D eigenvalue weighted by Crippen LogP contribution is 1.97. The summed E-state index contributed by atoms with van der Waals surface area (Å²) in [6.07, 6.45) is 4.78. The van der Waals surface area contributed by atoms with E-state index in [1.54, 1.807) is 0 Å². The van der Waals surface area contributed by atoms with E-state index in [9.17, 15) is 0 Å². The van der Waals surface area contributed by atoms with Gasteiger partial charge in [-0.15, -0.1) is 0 Å². The number of thiocarbonyl (C=S) groups is 1. The van der Waals surface area contributed by atoms with Crippen LogP contribution in [0.4, 0.5) is 0 Å². The van der Waals surface area contributed by atoms with E-state index in [0.717, 1.165) is 24.7 Å². The molecule has 0 aliphatic rings. The third-order valence-corrected chi connectivity index (χ3v) is 3.21. The molecular weight excluding hydrogens is 230 g/mol. The van der Waals surface area contributed by atoms with Gasteiger partial charge >= 0.3 is 0 Å². The maximum atomic E-state index is 5.18. The molecule has 0 spiro atoms. The second-order valence-corrected chi connectivity index (χ2v) is 5.23. The van der Waals surface area contributed by atoms with Gasteiger partial charge in [-0.2, -0.15) is 0 Å². The second kappa shape index (κ2) is 10.8. The number of unbranched alkanes of at least 4 members (excludes halogenated alkanes) is 2. The Labute approximate surface area is 112 Å². The van der Waals surface area contributed by atoms with E-state index in [4.69, 9.17) is 12.2 Å². The molecule has 4 heteroatoms. The molecule has 0 aromatic carbocycles. The first kappa shape index (κ1) is 16.6. The summed E-state index contributed by atoms with van der Waals surface area (Å²) >= 11 is 5.18. The zero-order valence-corrected chi connectivity index (χ0v) is 12.7. The van der Waals surface area contributed by atoms with Crippen molar-refractivity contribution in [3.05, 3.63) is 0 Å². The van der Waals surface area contributed by atoms with Crippen LogP contribution in [-0.2, 0) is 0 Å². The van der Waals surface area contributed by atoms with Gasteiger partial charge in [0.15, 0.2) is 5.11 Å². The number of hydrogen-bond donors (Lipinski definition) is 2. The van der Waals surface area contributed by atoms with Crippen molar-refractivity contribution in [3.63, 3.8) is 0 Å². The Hall–Kier alpha value is -0.350. The summed E-state index contributed by atoms with van der Waals surface area (Å²) in [5, 5.41) is 7.26. The summed E-state index contributed by atoms with van der Waals surface area (Å²) in [4.78, 5) is 2.37. The van der Waals surface area contributed by atoms with Gasteiger partial charge in [-0.1, -0.05) is 13.3 Å². The lowest BCUT2D eigenvalue weighted by atomic mass is 10.2. The van der Waals surface area contributed by atoms with Crippen LogP contribution in [0.15, 0.2) is 0 Å². The van der Waals surface area contributed by atoms with Gasteiger partial charge < -0.3 is 15.5 Å². The zero-order chi connectivity index (χ0) is 13.1. The predicted molar refractivity (Wildman–Crippen MR) is 80.5 cm³/mol. The highest BCUT2D eigenvalue weighted by atomic mass is 32.1. The molecule has 2 N–H and O–H groups in total. The average molecular weight is 259 g/mol. The molecule has 0 saturated carbocycles. The molecule has 0 unspecified atom stereocenters. The SMILES string of the molecule is CCCCNC(=S)NCCCCN(C)C(C)C. The quantitative estimate of drug-likeness (QED) is 0.491. The summed E-state index contributed by atoms with van der Waals surface area (Å²) in [5.41, 5.74) is 0. The minimum absolute atomic E-state index is 0.639. The van der Waals surface area contributed by atoms with Crippen molar-refractivity contribution < 1.29 is 0 Å². The molecule has 3 nitrogen and oxygen atoms in total. The first-order valence-electron chi connectivity index (χ1n) is 6.79. The van der Waals surface area contributed by atoms with Crippen LogP contribution in [0.2, 0.25) is 0 Å². The highest BCUT2D eigenvalue weighted by molar-refractivity contribution is 7.80. The van der Waals surface area contributed by atoms with Gasteiger partial charge in [0.1, 0.15) is 0 Å². The molecule has 0 heterocycles. The van der Waals surface area contributed by atoms with Gasteiger partial charge in [0.25, 0.3) is 0 Å². The Kier molecular flexibility index (Phi) is 10.6. The smallest absolute Gasteiger partial charge is 0.166 e. The lowest BCUT2D eigenvalue weighted by molar-refractivity contribution is 0.268. The topological polar surface area (TPSA) is 27.3 Å². The summed E-state index contributed by atoms with van der Waals surface area (Å²) in [5.74, 6) is 0. The fourth-order valence-corrected chi connectivity index (χ4v) is 1.59. The van der Waals surface area contributed by atoms with Gasteiger partial charge in [0, 0.05) is 19.1 Å². The summed E-state index contributed by atoms with van der Waals surface area (Å²) in [6.45, 7) is 9.76. The fraction of sp³-hybridized carbons (Fsp3) is 0.923. The Morgan fingerprint density at radius 3 is 2.24 bits per heavy atom. The van der Waals surface area contributed by atoms with Crippen LogP contribution in [0.5, 0.6) is 0 Å². The fourth-order valence-electron chi connectivity index (χ4n) is 1.39. The molecule has 0 bridgehead atoms. The normalized spacial score (nSPS) is 10.9. The summed E-state index contributed by atoms with van der Waals surface area (Å²) in [6, 6.07) is 0.639. The van der Waals surface area contributed by atoms with E-state index >= 15 is 0 Å².